The van der Waals surface area contributed by atoms with Crippen LogP contribution in [0.5, 0.6) is 0 Å². The Kier molecular flexibility index (Phi) is 8.35. The van der Waals surface area contributed by atoms with Crippen molar-refractivity contribution in [1.82, 2.24) is 34.4 Å². The number of carbonyl (C=O) groups excluding carboxylic acids is 2. The van der Waals surface area contributed by atoms with Gasteiger partial charge in [0.05, 0.1) is 18.4 Å². The van der Waals surface area contributed by atoms with Crippen molar-refractivity contribution in [3.8, 4) is 17.1 Å². The molecule has 16 heteroatoms. The van der Waals surface area contributed by atoms with Gasteiger partial charge in [0.2, 0.25) is 12.1 Å². The van der Waals surface area contributed by atoms with Crippen LogP contribution in [0, 0.1) is 0 Å². The maximum atomic E-state index is 15.0. The van der Waals surface area contributed by atoms with Crippen molar-refractivity contribution in [2.45, 2.75) is 25.4 Å². The maximum Gasteiger partial charge on any atom is 0.376 e. The summed E-state index contributed by atoms with van der Waals surface area (Å²) in [4.78, 5) is 42.2. The van der Waals surface area contributed by atoms with E-state index in [1.807, 2.05) is 0 Å². The predicted molar refractivity (Wildman–Crippen MR) is 134 cm³/mol. The van der Waals surface area contributed by atoms with Gasteiger partial charge in [-0.2, -0.15) is 0 Å². The molecule has 0 radical (unpaired) electrons. The summed E-state index contributed by atoms with van der Waals surface area (Å²) < 4.78 is 48.0. The third-order valence-electron chi connectivity index (χ3n) is 5.67. The van der Waals surface area contributed by atoms with Crippen LogP contribution >= 0.6 is 11.6 Å². The molecule has 40 heavy (non-hydrogen) atoms. The average Bonchev–Trinajstić information content (AvgIpc) is 3.52. The zero-order chi connectivity index (χ0) is 29.1. The fraction of sp³-hybridized carbons (Fsp3) is 0.250. The Balaban J connectivity index is 1.84. The van der Waals surface area contributed by atoms with Crippen LogP contribution in [-0.2, 0) is 11.3 Å². The maximum absolute atomic E-state index is 15.0. The Labute approximate surface area is 228 Å². The Hall–Kier alpha value is -4.50. The van der Waals surface area contributed by atoms with Crippen LogP contribution in [0.1, 0.15) is 33.1 Å². The minimum absolute atomic E-state index is 0.137. The van der Waals surface area contributed by atoms with Crippen molar-refractivity contribution in [2.24, 2.45) is 0 Å². The van der Waals surface area contributed by atoms with E-state index in [4.69, 9.17) is 16.3 Å². The lowest BCUT2D eigenvalue weighted by Gasteiger charge is -2.16. The Bertz CT molecular complexity index is 1600. The molecule has 210 valence electrons. The van der Waals surface area contributed by atoms with E-state index in [-0.39, 0.29) is 38.9 Å². The highest BCUT2D eigenvalue weighted by molar-refractivity contribution is 6.30. The summed E-state index contributed by atoms with van der Waals surface area (Å²) in [6, 6.07) is 11.7. The van der Waals surface area contributed by atoms with Gasteiger partial charge < -0.3 is 15.2 Å². The number of nitrogens with one attached hydrogen (secondary N) is 1. The molecule has 0 saturated heterocycles. The lowest BCUT2D eigenvalue weighted by molar-refractivity contribution is -0.0723. The molecule has 0 spiro atoms. The molecule has 2 heterocycles. The van der Waals surface area contributed by atoms with E-state index in [0.29, 0.717) is 9.70 Å². The number of halogens is 4. The van der Waals surface area contributed by atoms with Crippen molar-refractivity contribution in [3.63, 3.8) is 0 Å². The largest absolute Gasteiger partial charge is 0.463 e. The molecule has 2 N–H and O–H groups in total. The van der Waals surface area contributed by atoms with Gasteiger partial charge in [-0.3, -0.25) is 4.79 Å². The van der Waals surface area contributed by atoms with Gasteiger partial charge in [-0.25, -0.2) is 41.7 Å². The minimum Gasteiger partial charge on any atom is -0.463 e. The monoisotopic (exact) mass is 579 g/mol. The number of aromatic nitrogens is 6. The summed E-state index contributed by atoms with van der Waals surface area (Å²) in [6.07, 6.45) is -9.18. The van der Waals surface area contributed by atoms with Crippen LogP contribution in [0.3, 0.4) is 0 Å². The van der Waals surface area contributed by atoms with Crippen LogP contribution in [0.2, 0.25) is 5.02 Å². The molecule has 0 saturated carbocycles. The molecule has 0 bridgehead atoms. The Morgan fingerprint density at radius 3 is 2.40 bits per heavy atom. The van der Waals surface area contributed by atoms with Crippen LogP contribution in [0.25, 0.3) is 17.1 Å². The molecule has 1 unspecified atom stereocenters. The van der Waals surface area contributed by atoms with Crippen molar-refractivity contribution in [3.05, 3.63) is 81.3 Å². The smallest absolute Gasteiger partial charge is 0.376 e. The van der Waals surface area contributed by atoms with Crippen molar-refractivity contribution >= 4 is 23.5 Å². The first-order chi connectivity index (χ1) is 19.1. The highest BCUT2D eigenvalue weighted by Gasteiger charge is 2.34. The van der Waals surface area contributed by atoms with Gasteiger partial charge in [0, 0.05) is 17.6 Å². The quantitative estimate of drug-likeness (QED) is 0.287. The van der Waals surface area contributed by atoms with E-state index in [1.165, 1.54) is 43.4 Å². The average molecular weight is 580 g/mol. The number of ether oxygens (including phenoxy) is 1. The van der Waals surface area contributed by atoms with Crippen molar-refractivity contribution < 1.29 is 32.6 Å². The van der Waals surface area contributed by atoms with E-state index in [0.717, 1.165) is 11.8 Å². The molecule has 0 aliphatic rings. The van der Waals surface area contributed by atoms with E-state index in [1.54, 1.807) is 12.1 Å². The second-order valence-electron chi connectivity index (χ2n) is 8.19. The van der Waals surface area contributed by atoms with Gasteiger partial charge in [-0.15, -0.1) is 10.2 Å². The number of nitrogens with zero attached hydrogens (tertiary/aromatic N) is 6. The number of amides is 1. The Morgan fingerprint density at radius 1 is 1.10 bits per heavy atom. The van der Waals surface area contributed by atoms with E-state index in [9.17, 15) is 28.3 Å². The van der Waals surface area contributed by atoms with Crippen LogP contribution in [-0.4, -0.2) is 72.8 Å². The van der Waals surface area contributed by atoms with Gasteiger partial charge in [0.25, 0.3) is 12.3 Å². The normalized spacial score (nSPS) is 12.8. The third kappa shape index (κ3) is 5.46. The van der Waals surface area contributed by atoms with Crippen LogP contribution < -0.4 is 11.0 Å². The summed E-state index contributed by atoms with van der Waals surface area (Å²) in [5, 5.41) is 20.7. The summed E-state index contributed by atoms with van der Waals surface area (Å²) in [6.45, 7) is -0.553. The summed E-state index contributed by atoms with van der Waals surface area (Å²) in [5.74, 6) is -2.33. The molecule has 4 rings (SSSR count). The minimum atomic E-state index is -3.50. The van der Waals surface area contributed by atoms with E-state index in [2.05, 4.69) is 20.5 Å². The number of alkyl halides is 3. The lowest BCUT2D eigenvalue weighted by atomic mass is 10.1. The molecule has 2 atom stereocenters. The van der Waals surface area contributed by atoms with Crippen LogP contribution in [0.15, 0.2) is 53.3 Å². The number of hydrogen-bond donors (Lipinski definition) is 2. The van der Waals surface area contributed by atoms with Crippen molar-refractivity contribution in [2.75, 3.05) is 14.2 Å². The van der Waals surface area contributed by atoms with Gasteiger partial charge in [-0.1, -0.05) is 23.7 Å². The molecule has 0 aliphatic carbocycles. The number of methoxy groups -OCH3 is 1. The number of aliphatic hydroxyl groups is 1. The molecule has 1 amide bonds. The topological polar surface area (TPSA) is 146 Å². The number of hydrogen-bond acceptors (Lipinski definition) is 8. The van der Waals surface area contributed by atoms with Gasteiger partial charge >= 0.3 is 11.7 Å². The summed E-state index contributed by atoms with van der Waals surface area (Å²) in [5.41, 5.74) is -0.777. The molecule has 2 aromatic heterocycles. The van der Waals surface area contributed by atoms with Crippen molar-refractivity contribution in [1.29, 1.82) is 0 Å². The molecule has 12 nitrogen and oxygen atoms in total. The fourth-order valence-corrected chi connectivity index (χ4v) is 3.87. The summed E-state index contributed by atoms with van der Waals surface area (Å²) >= 11 is 5.89. The fourth-order valence-electron chi connectivity index (χ4n) is 3.75. The summed E-state index contributed by atoms with van der Waals surface area (Å²) in [7, 11) is 2.52. The second-order valence-corrected chi connectivity index (χ2v) is 8.63. The van der Waals surface area contributed by atoms with Gasteiger partial charge in [0.15, 0.2) is 17.8 Å². The lowest BCUT2D eigenvalue weighted by Crippen LogP contribution is -2.35. The highest BCUT2D eigenvalue weighted by Crippen LogP contribution is 2.26. The van der Waals surface area contributed by atoms with E-state index >= 15 is 4.39 Å². The molecular formula is C24H21ClF3N7O5. The second kappa shape index (κ2) is 11.7. The molecule has 4 aromatic rings. The first-order valence-electron chi connectivity index (χ1n) is 11.5. The predicted octanol–water partition coefficient (Wildman–Crippen LogP) is 2.23. The third-order valence-corrected chi connectivity index (χ3v) is 5.93. The molecule has 2 aromatic carbocycles. The number of para-hydroxylation sites is 1. The number of rotatable bonds is 9. The first-order valence-corrected chi connectivity index (χ1v) is 11.9. The van der Waals surface area contributed by atoms with Gasteiger partial charge in [0.1, 0.15) is 6.54 Å². The SMILES string of the molecule is CNC(=O)c1ccccc1-n1nc(Cn2nc(-c3ccc(Cl)cc3)n(C(F)[C@H](O)C(F)F)c2=O)nc1C(=O)OC. The number of esters is 1. The number of carbonyl (C=O) groups is 2. The zero-order valence-electron chi connectivity index (χ0n) is 20.8. The number of benzene rings is 2. The highest BCUT2D eigenvalue weighted by atomic mass is 35.5. The number of aliphatic hydroxyl groups excluding tert-OH is 1. The Morgan fingerprint density at radius 2 is 1.77 bits per heavy atom. The van der Waals surface area contributed by atoms with Gasteiger partial charge in [-0.05, 0) is 36.4 Å². The first kappa shape index (κ1) is 28.5. The molecular weight excluding hydrogens is 559 g/mol. The molecule has 0 fully saturated rings. The van der Waals surface area contributed by atoms with E-state index < -0.39 is 42.9 Å². The standard InChI is InChI=1S/C24H21ClF3N7O5/c1-29-22(37)14-5-3-4-6-15(14)35-21(23(38)40-2)30-16(31-35)11-33-24(39)34(19(28)17(36)18(26)27)20(32-33)12-7-9-13(25)10-8-12/h3-10,17-19,36H,11H2,1-2H3,(H,29,37)/t17-,19?/m1/s1. The zero-order valence-corrected chi connectivity index (χ0v) is 21.6. The van der Waals surface area contributed by atoms with Crippen LogP contribution in [0.4, 0.5) is 13.2 Å². The molecule has 0 aliphatic heterocycles.